The number of hydrogen-bond acceptors (Lipinski definition) is 9. The van der Waals surface area contributed by atoms with Gasteiger partial charge in [0, 0.05) is 61.3 Å². The van der Waals surface area contributed by atoms with Gasteiger partial charge in [-0.2, -0.15) is 0 Å². The van der Waals surface area contributed by atoms with Gasteiger partial charge in [-0.15, -0.1) is 21.5 Å². The number of fused-ring (bicyclic) bond motifs is 13. The first-order valence-corrected chi connectivity index (χ1v) is 23.7. The molecule has 0 N–H and O–H groups in total. The molecule has 0 saturated heterocycles. The summed E-state index contributed by atoms with van der Waals surface area (Å²) in [7, 11) is 0. The number of benzene rings is 10. The lowest BCUT2D eigenvalue weighted by Crippen LogP contribution is -2.13. The van der Waals surface area contributed by atoms with Crippen molar-refractivity contribution in [2.45, 2.75) is 0 Å². The molecule has 15 rings (SSSR count). The molecule has 0 radical (unpaired) electrons. The molecule has 9 heteroatoms. The summed E-state index contributed by atoms with van der Waals surface area (Å²) in [4.78, 5) is 15.9. The van der Waals surface area contributed by atoms with E-state index in [0.717, 1.165) is 119 Å². The van der Waals surface area contributed by atoms with Crippen LogP contribution in [-0.4, -0.2) is 20.2 Å². The van der Waals surface area contributed by atoms with Gasteiger partial charge < -0.3 is 8.83 Å². The number of rotatable bonds is 6. The van der Waals surface area contributed by atoms with Crippen molar-refractivity contribution in [1.29, 1.82) is 0 Å². The second-order valence-corrected chi connectivity index (χ2v) is 18.5. The van der Waals surface area contributed by atoms with Crippen molar-refractivity contribution in [3.8, 4) is 0 Å². The van der Waals surface area contributed by atoms with Gasteiger partial charge >= 0.3 is 0 Å². The van der Waals surface area contributed by atoms with Gasteiger partial charge in [0.1, 0.15) is 38.2 Å². The van der Waals surface area contributed by atoms with Crippen LogP contribution in [0.2, 0.25) is 0 Å². The zero-order valence-electron chi connectivity index (χ0n) is 36.5. The molecular weight excluding hydrogens is 869 g/mol. The molecule has 0 unspecified atom stereocenters. The summed E-state index contributed by atoms with van der Waals surface area (Å²) in [5, 5.41) is 23.2. The lowest BCUT2D eigenvalue weighted by Gasteiger charge is -2.27. The fraction of sp³-hybridized carbons (Fsp3) is 0. The third kappa shape index (κ3) is 5.81. The quantitative estimate of drug-likeness (QED) is 0.153. The first-order chi connectivity index (χ1) is 34.2. The minimum atomic E-state index is 0.661. The van der Waals surface area contributed by atoms with Crippen LogP contribution in [0.25, 0.3) is 108 Å². The largest absolute Gasteiger partial charge is 0.456 e. The van der Waals surface area contributed by atoms with Gasteiger partial charge in [-0.05, 0) is 70.1 Å². The van der Waals surface area contributed by atoms with Gasteiger partial charge in [0.15, 0.2) is 11.6 Å². The molecule has 0 saturated carbocycles. The lowest BCUT2D eigenvalue weighted by molar-refractivity contribution is 0.668. The third-order valence-electron chi connectivity index (χ3n) is 13.5. The molecule has 0 aliphatic heterocycles. The van der Waals surface area contributed by atoms with Crippen LogP contribution >= 0.6 is 11.3 Å². The summed E-state index contributed by atoms with van der Waals surface area (Å²) in [6.45, 7) is 0. The maximum atomic E-state index is 6.49. The Morgan fingerprint density at radius 1 is 0.362 bits per heavy atom. The predicted octanol–water partition coefficient (Wildman–Crippen LogP) is 17.0. The average molecular weight is 903 g/mol. The van der Waals surface area contributed by atoms with Crippen LogP contribution in [0.1, 0.15) is 0 Å². The normalized spacial score (nSPS) is 12.1. The Kier molecular flexibility index (Phi) is 8.07. The first kappa shape index (κ1) is 38.0. The molecule has 0 spiro atoms. The van der Waals surface area contributed by atoms with Crippen LogP contribution in [0.15, 0.2) is 215 Å². The van der Waals surface area contributed by atoms with Crippen LogP contribution < -0.4 is 9.80 Å². The van der Waals surface area contributed by atoms with Crippen molar-refractivity contribution in [2.24, 2.45) is 0 Å². The van der Waals surface area contributed by atoms with Crippen LogP contribution in [0, 0.1) is 0 Å². The molecule has 0 aliphatic rings. The first-order valence-electron chi connectivity index (χ1n) is 22.9. The lowest BCUT2D eigenvalue weighted by atomic mass is 9.99. The number of thiophene rings is 1. The molecule has 0 amide bonds. The van der Waals surface area contributed by atoms with Gasteiger partial charge in [0.25, 0.3) is 0 Å². The second kappa shape index (κ2) is 14.7. The molecule has 5 aromatic heterocycles. The molecular formula is C60H34N6O2S. The molecule has 0 atom stereocenters. The molecule has 5 heterocycles. The number of nitrogens with zero attached hydrogens (tertiary/aromatic N) is 6. The van der Waals surface area contributed by atoms with E-state index in [4.69, 9.17) is 29.0 Å². The molecule has 69 heavy (non-hydrogen) atoms. The van der Waals surface area contributed by atoms with Gasteiger partial charge in [0.05, 0.1) is 33.6 Å². The summed E-state index contributed by atoms with van der Waals surface area (Å²) in [6.07, 6.45) is 1.86. The van der Waals surface area contributed by atoms with Crippen LogP contribution in [0.5, 0.6) is 0 Å². The Balaban J connectivity index is 0.949. The molecule has 8 nitrogen and oxygen atoms in total. The number of anilines is 6. The van der Waals surface area contributed by atoms with E-state index in [0.29, 0.717) is 22.7 Å². The Morgan fingerprint density at radius 2 is 0.797 bits per heavy atom. The van der Waals surface area contributed by atoms with Crippen molar-refractivity contribution in [3.63, 3.8) is 0 Å². The van der Waals surface area contributed by atoms with Gasteiger partial charge in [-0.25, -0.2) is 9.97 Å². The van der Waals surface area contributed by atoms with Gasteiger partial charge in [-0.3, -0.25) is 9.80 Å². The van der Waals surface area contributed by atoms with Crippen molar-refractivity contribution < 1.29 is 8.83 Å². The molecule has 15 aromatic rings. The second-order valence-electron chi connectivity index (χ2n) is 17.5. The van der Waals surface area contributed by atoms with E-state index in [9.17, 15) is 0 Å². The van der Waals surface area contributed by atoms with Gasteiger partial charge in [0.2, 0.25) is 0 Å². The van der Waals surface area contributed by atoms with E-state index in [2.05, 4.69) is 174 Å². The highest BCUT2D eigenvalue weighted by molar-refractivity contribution is 7.25. The standard InChI is InChI=1S/C60H34N6O2S/c1-5-17-41-35(13-1)29-36-14-2-6-18-42(36)58(41)65(39-25-27-47-45-21-9-11-23-49(45)67-51(47)31-39)54-33-53-56(64-63-54)57-60(69-53)62-55(34-61-57)66(40-26-28-48-46-22-10-12-24-50(46)68-52(48)32-40)59-43-19-7-3-15-37(43)30-38-16-4-8-20-44(38)59/h1-34H. The molecule has 0 fully saturated rings. The van der Waals surface area contributed by atoms with Gasteiger partial charge in [-0.1, -0.05) is 133 Å². The fourth-order valence-corrected chi connectivity index (χ4v) is 11.4. The van der Waals surface area contributed by atoms with Crippen LogP contribution in [0.4, 0.5) is 34.4 Å². The molecule has 10 aromatic carbocycles. The number of aromatic nitrogens is 4. The van der Waals surface area contributed by atoms with Crippen molar-refractivity contribution in [3.05, 3.63) is 206 Å². The highest BCUT2D eigenvalue weighted by Crippen LogP contribution is 2.48. The average Bonchev–Trinajstić information content (AvgIpc) is 4.09. The zero-order valence-corrected chi connectivity index (χ0v) is 37.4. The molecule has 322 valence electrons. The van der Waals surface area contributed by atoms with Crippen molar-refractivity contribution in [1.82, 2.24) is 20.2 Å². The SMILES string of the molecule is c1ccc2c(N(c3ccc4c(c3)oc3ccccc34)c3cc4sc5nc(N(c6ccc7c(c6)oc6ccccc67)c6c7ccccc7cc7ccccc67)cnc5c4nn3)c3ccccc3cc2c1. The summed E-state index contributed by atoms with van der Waals surface area (Å²) in [5.74, 6) is 1.33. The van der Waals surface area contributed by atoms with E-state index in [1.54, 1.807) is 11.3 Å². The summed E-state index contributed by atoms with van der Waals surface area (Å²) >= 11 is 1.56. The Morgan fingerprint density at radius 3 is 1.30 bits per heavy atom. The topological polar surface area (TPSA) is 84.3 Å². The third-order valence-corrected chi connectivity index (χ3v) is 14.5. The van der Waals surface area contributed by atoms with E-state index in [1.807, 2.05) is 42.6 Å². The summed E-state index contributed by atoms with van der Waals surface area (Å²) < 4.78 is 13.9. The molecule has 0 bridgehead atoms. The van der Waals surface area contributed by atoms with Crippen molar-refractivity contribution in [2.75, 3.05) is 9.80 Å². The van der Waals surface area contributed by atoms with E-state index in [-0.39, 0.29) is 0 Å². The number of para-hydroxylation sites is 2. The van der Waals surface area contributed by atoms with Crippen molar-refractivity contribution >= 4 is 153 Å². The van der Waals surface area contributed by atoms with Crippen LogP contribution in [0.3, 0.4) is 0 Å². The predicted molar refractivity (Wildman–Crippen MR) is 284 cm³/mol. The Hall–Kier alpha value is -9.18. The fourth-order valence-electron chi connectivity index (χ4n) is 10.4. The molecule has 0 aliphatic carbocycles. The summed E-state index contributed by atoms with van der Waals surface area (Å²) in [5.41, 5.74) is 8.49. The van der Waals surface area contributed by atoms with Crippen LogP contribution in [-0.2, 0) is 0 Å². The van der Waals surface area contributed by atoms with E-state index in [1.165, 1.54) is 0 Å². The monoisotopic (exact) mass is 902 g/mol. The minimum absolute atomic E-state index is 0.661. The maximum absolute atomic E-state index is 6.49. The smallest absolute Gasteiger partial charge is 0.161 e. The minimum Gasteiger partial charge on any atom is -0.456 e. The number of hydrogen-bond donors (Lipinski definition) is 0. The Labute approximate surface area is 396 Å². The summed E-state index contributed by atoms with van der Waals surface area (Å²) in [6, 6.07) is 70.0. The highest BCUT2D eigenvalue weighted by Gasteiger charge is 2.26. The van der Waals surface area contributed by atoms with E-state index < -0.39 is 0 Å². The maximum Gasteiger partial charge on any atom is 0.161 e. The number of furan rings is 2. The zero-order chi connectivity index (χ0) is 45.2. The Bertz CT molecular complexity index is 4210. The van der Waals surface area contributed by atoms with E-state index >= 15 is 0 Å². The highest BCUT2D eigenvalue weighted by atomic mass is 32.1.